The summed E-state index contributed by atoms with van der Waals surface area (Å²) >= 11 is 0. The van der Waals surface area contributed by atoms with E-state index in [0.29, 0.717) is 12.3 Å². The number of furan rings is 1. The molecule has 1 fully saturated rings. The molecule has 2 N–H and O–H groups in total. The van der Waals surface area contributed by atoms with E-state index >= 15 is 0 Å². The predicted octanol–water partition coefficient (Wildman–Crippen LogP) is 1.81. The molecule has 5 nitrogen and oxygen atoms in total. The quantitative estimate of drug-likeness (QED) is 0.870. The number of Topliss-reactive ketones (excluding diaryl/α,β-unsaturated/α-hetero) is 1. The van der Waals surface area contributed by atoms with Crippen molar-refractivity contribution in [2.45, 2.75) is 12.8 Å². The van der Waals surface area contributed by atoms with Crippen LogP contribution in [-0.4, -0.2) is 36.2 Å². The molecule has 1 aromatic heterocycles. The van der Waals surface area contributed by atoms with E-state index in [1.165, 1.54) is 0 Å². The minimum Gasteiger partial charge on any atom is -0.453 e. The summed E-state index contributed by atoms with van der Waals surface area (Å²) in [6.45, 7) is 1.77. The number of nitrogens with two attached hydrogens (primary N) is 1. The molecule has 2 aromatic rings. The van der Waals surface area contributed by atoms with E-state index in [0.717, 1.165) is 36.9 Å². The van der Waals surface area contributed by atoms with E-state index in [1.807, 2.05) is 24.3 Å². The van der Waals surface area contributed by atoms with Crippen LogP contribution in [0.25, 0.3) is 11.0 Å². The zero-order valence-corrected chi connectivity index (χ0v) is 11.7. The number of para-hydroxylation sites is 1. The van der Waals surface area contributed by atoms with Crippen molar-refractivity contribution in [1.29, 1.82) is 0 Å². The lowest BCUT2D eigenvalue weighted by Gasteiger charge is -2.29. The van der Waals surface area contributed by atoms with E-state index in [4.69, 9.17) is 10.2 Å². The van der Waals surface area contributed by atoms with Crippen molar-refractivity contribution in [2.24, 2.45) is 11.7 Å². The van der Waals surface area contributed by atoms with E-state index in [2.05, 4.69) is 4.90 Å². The van der Waals surface area contributed by atoms with Crippen molar-refractivity contribution in [3.05, 3.63) is 36.1 Å². The number of primary amides is 1. The van der Waals surface area contributed by atoms with E-state index in [9.17, 15) is 9.59 Å². The number of likely N-dealkylation sites (tertiary alicyclic amines) is 1. The first-order chi connectivity index (χ1) is 10.1. The summed E-state index contributed by atoms with van der Waals surface area (Å²) < 4.78 is 5.58. The smallest absolute Gasteiger partial charge is 0.220 e. The van der Waals surface area contributed by atoms with Crippen LogP contribution in [0, 0.1) is 5.92 Å². The molecule has 1 amide bonds. The Hall–Kier alpha value is -2.14. The number of carbonyl (C=O) groups excluding carboxylic acids is 2. The molecule has 0 bridgehead atoms. The van der Waals surface area contributed by atoms with Crippen LogP contribution in [0.4, 0.5) is 0 Å². The van der Waals surface area contributed by atoms with Gasteiger partial charge in [-0.3, -0.25) is 14.5 Å². The lowest BCUT2D eigenvalue weighted by Crippen LogP contribution is -2.40. The van der Waals surface area contributed by atoms with Gasteiger partial charge in [-0.25, -0.2) is 0 Å². The first kappa shape index (κ1) is 13.8. The van der Waals surface area contributed by atoms with Crippen molar-refractivity contribution in [2.75, 3.05) is 19.6 Å². The third-order valence-electron chi connectivity index (χ3n) is 4.06. The average molecular weight is 286 g/mol. The van der Waals surface area contributed by atoms with Crippen LogP contribution >= 0.6 is 0 Å². The number of hydrogen-bond donors (Lipinski definition) is 1. The van der Waals surface area contributed by atoms with Crippen molar-refractivity contribution in [1.82, 2.24) is 4.90 Å². The minimum absolute atomic E-state index is 0.0243. The van der Waals surface area contributed by atoms with Crippen LogP contribution in [0.1, 0.15) is 23.4 Å². The molecule has 3 rings (SSSR count). The third-order valence-corrected chi connectivity index (χ3v) is 4.06. The highest BCUT2D eigenvalue weighted by Gasteiger charge is 2.25. The van der Waals surface area contributed by atoms with Gasteiger partial charge in [0.2, 0.25) is 11.7 Å². The number of nitrogens with zero attached hydrogens (tertiary/aromatic N) is 1. The summed E-state index contributed by atoms with van der Waals surface area (Å²) in [7, 11) is 0. The maximum Gasteiger partial charge on any atom is 0.220 e. The third kappa shape index (κ3) is 2.97. The Kier molecular flexibility index (Phi) is 3.75. The first-order valence-electron chi connectivity index (χ1n) is 7.17. The van der Waals surface area contributed by atoms with Gasteiger partial charge in [-0.1, -0.05) is 18.2 Å². The summed E-state index contributed by atoms with van der Waals surface area (Å²) in [4.78, 5) is 25.4. The van der Waals surface area contributed by atoms with Crippen molar-refractivity contribution in [3.63, 3.8) is 0 Å². The van der Waals surface area contributed by atoms with Gasteiger partial charge in [0.15, 0.2) is 5.76 Å². The monoisotopic (exact) mass is 286 g/mol. The highest BCUT2D eigenvalue weighted by molar-refractivity contribution is 5.98. The van der Waals surface area contributed by atoms with Crippen LogP contribution < -0.4 is 5.73 Å². The number of benzene rings is 1. The lowest BCUT2D eigenvalue weighted by molar-refractivity contribution is -0.123. The standard InChI is InChI=1S/C16H18N2O3/c17-16(20)11-5-7-18(8-6-11)10-13(19)15-9-12-3-1-2-4-14(12)21-15/h1-4,9,11H,5-8,10H2,(H2,17,20). The van der Waals surface area contributed by atoms with Gasteiger partial charge in [0.25, 0.3) is 0 Å². The van der Waals surface area contributed by atoms with Gasteiger partial charge in [0.1, 0.15) is 5.58 Å². The molecule has 5 heteroatoms. The molecule has 0 saturated carbocycles. The van der Waals surface area contributed by atoms with E-state index < -0.39 is 0 Å². The molecule has 0 radical (unpaired) electrons. The van der Waals surface area contributed by atoms with Crippen LogP contribution in [0.15, 0.2) is 34.7 Å². The Labute approximate surface area is 122 Å². The van der Waals surface area contributed by atoms with Crippen LogP contribution in [0.2, 0.25) is 0 Å². The van der Waals surface area contributed by atoms with Crippen molar-refractivity contribution in [3.8, 4) is 0 Å². The SMILES string of the molecule is NC(=O)C1CCN(CC(=O)c2cc3ccccc3o2)CC1. The Morgan fingerprint density at radius 2 is 1.95 bits per heavy atom. The molecule has 0 spiro atoms. The Bertz CT molecular complexity index is 636. The number of hydrogen-bond acceptors (Lipinski definition) is 4. The van der Waals surface area contributed by atoms with Gasteiger partial charge in [-0.05, 0) is 38.1 Å². The number of piperidine rings is 1. The normalized spacial score (nSPS) is 17.1. The predicted molar refractivity (Wildman–Crippen MR) is 78.9 cm³/mol. The Morgan fingerprint density at radius 1 is 1.24 bits per heavy atom. The Morgan fingerprint density at radius 3 is 2.62 bits per heavy atom. The lowest BCUT2D eigenvalue weighted by atomic mass is 9.96. The highest BCUT2D eigenvalue weighted by Crippen LogP contribution is 2.21. The molecule has 110 valence electrons. The highest BCUT2D eigenvalue weighted by atomic mass is 16.3. The minimum atomic E-state index is -0.238. The van der Waals surface area contributed by atoms with Crippen molar-refractivity contribution >= 4 is 22.7 Å². The summed E-state index contributed by atoms with van der Waals surface area (Å²) in [6, 6.07) is 9.36. The maximum absolute atomic E-state index is 12.3. The van der Waals surface area contributed by atoms with Crippen LogP contribution in [-0.2, 0) is 4.79 Å². The van der Waals surface area contributed by atoms with E-state index in [-0.39, 0.29) is 17.6 Å². The number of rotatable bonds is 4. The van der Waals surface area contributed by atoms with Gasteiger partial charge < -0.3 is 10.2 Å². The summed E-state index contributed by atoms with van der Waals surface area (Å²) in [6.07, 6.45) is 1.45. The van der Waals surface area contributed by atoms with Crippen LogP contribution in [0.3, 0.4) is 0 Å². The molecule has 2 heterocycles. The summed E-state index contributed by atoms with van der Waals surface area (Å²) in [5.41, 5.74) is 6.04. The molecule has 1 saturated heterocycles. The molecule has 0 aliphatic carbocycles. The van der Waals surface area contributed by atoms with Gasteiger partial charge in [0, 0.05) is 11.3 Å². The van der Waals surface area contributed by atoms with Gasteiger partial charge in [-0.2, -0.15) is 0 Å². The fourth-order valence-electron chi connectivity index (χ4n) is 2.78. The zero-order valence-electron chi connectivity index (χ0n) is 11.7. The molecule has 0 atom stereocenters. The fourth-order valence-corrected chi connectivity index (χ4v) is 2.78. The molecular weight excluding hydrogens is 268 g/mol. The number of amides is 1. The van der Waals surface area contributed by atoms with Crippen LogP contribution in [0.5, 0.6) is 0 Å². The second-order valence-corrected chi connectivity index (χ2v) is 5.52. The average Bonchev–Trinajstić information content (AvgIpc) is 2.92. The zero-order chi connectivity index (χ0) is 14.8. The Balaban J connectivity index is 1.63. The second-order valence-electron chi connectivity index (χ2n) is 5.52. The summed E-state index contributed by atoms with van der Waals surface area (Å²) in [5, 5.41) is 0.938. The summed E-state index contributed by atoms with van der Waals surface area (Å²) in [5.74, 6) is 0.0813. The maximum atomic E-state index is 12.3. The second kappa shape index (κ2) is 5.69. The van der Waals surface area contributed by atoms with Gasteiger partial charge in [0.05, 0.1) is 6.54 Å². The van der Waals surface area contributed by atoms with Crippen molar-refractivity contribution < 1.29 is 14.0 Å². The number of ketones is 1. The van der Waals surface area contributed by atoms with Gasteiger partial charge >= 0.3 is 0 Å². The van der Waals surface area contributed by atoms with E-state index in [1.54, 1.807) is 6.07 Å². The number of fused-ring (bicyclic) bond motifs is 1. The molecule has 21 heavy (non-hydrogen) atoms. The molecule has 1 aliphatic heterocycles. The molecule has 1 aliphatic rings. The first-order valence-corrected chi connectivity index (χ1v) is 7.17. The number of carbonyl (C=O) groups is 2. The largest absolute Gasteiger partial charge is 0.453 e. The molecule has 1 aromatic carbocycles. The molecular formula is C16H18N2O3. The van der Waals surface area contributed by atoms with Gasteiger partial charge in [-0.15, -0.1) is 0 Å². The fraction of sp³-hybridized carbons (Fsp3) is 0.375. The topological polar surface area (TPSA) is 76.5 Å². The molecule has 0 unspecified atom stereocenters.